The minimum Gasteiger partial charge on any atom is -0.481 e. The smallest absolute Gasteiger partial charge is 0.310 e. The zero-order valence-electron chi connectivity index (χ0n) is 38.3. The average Bonchev–Trinajstić information content (AvgIpc) is 3.22. The summed E-state index contributed by atoms with van der Waals surface area (Å²) in [5.74, 6) is -0.0288. The van der Waals surface area contributed by atoms with Crippen LogP contribution in [0.1, 0.15) is 120 Å². The molecule has 0 aromatic carbocycles. The minimum atomic E-state index is -1.75. The SMILES string of the molecule is C[C@@H]1O[C@@H](O[C@H]2[C@H](OC3CCC4(C)C(CCC5(C)C4CC=C4C6CC(C)(C)CCC6(C(=O)O)CCC45C)C3(C)C)OC[C@H](O[C@@H]3O[C@H](CO)[C@@H](O)[C@H](O)[C@H]3O)[C@@H]2O)[C@H](O)[C@H](O)[C@H]1O. The number of aliphatic hydroxyl groups excluding tert-OH is 8. The number of carboxylic acid groups (broad SMARTS) is 1. The standard InChI is InChI=1S/C47H76O16/c1-22-30(49)33(52)35(54)38(59-22)63-37-32(51)26(61-39-36(55)34(53)31(50)25(20-48)60-39)21-58-40(37)62-29-12-13-44(6)27(43(29,4)5)11-14-46(8)28(44)10-9-23-24-19-42(2,3)15-17-47(24,41(56)57)18-16-45(23,46)7/h9,22,24-40,48-55H,10-21H2,1-8H3,(H,56,57)/t22-,24?,25+,26-,27?,28?,29?,30-,31+,32-,33+,34-,35+,36+,37+,38-,39-,40-,44?,45?,46?,47?/m0/s1. The van der Waals surface area contributed by atoms with Gasteiger partial charge in [-0.1, -0.05) is 60.1 Å². The van der Waals surface area contributed by atoms with Crippen molar-refractivity contribution in [1.82, 2.24) is 0 Å². The Kier molecular flexibility index (Phi) is 12.8. The van der Waals surface area contributed by atoms with E-state index in [0.717, 1.165) is 51.4 Å². The first-order valence-corrected chi connectivity index (χ1v) is 23.6. The fraction of sp³-hybridized carbons (Fsp3) is 0.936. The molecule has 0 amide bonds. The number of hydrogen-bond donors (Lipinski definition) is 9. The van der Waals surface area contributed by atoms with E-state index in [4.69, 9.17) is 28.4 Å². The zero-order valence-corrected chi connectivity index (χ0v) is 38.3. The molecule has 22 atom stereocenters. The van der Waals surface area contributed by atoms with Crippen molar-refractivity contribution in [2.24, 2.45) is 50.2 Å². The van der Waals surface area contributed by atoms with E-state index in [0.29, 0.717) is 18.8 Å². The number of carboxylic acids is 1. The van der Waals surface area contributed by atoms with Gasteiger partial charge >= 0.3 is 5.97 Å². The van der Waals surface area contributed by atoms with Crippen LogP contribution < -0.4 is 0 Å². The number of hydrogen-bond acceptors (Lipinski definition) is 15. The van der Waals surface area contributed by atoms with Gasteiger partial charge in [-0.25, -0.2) is 0 Å². The van der Waals surface area contributed by atoms with Gasteiger partial charge < -0.3 is 74.4 Å². The largest absolute Gasteiger partial charge is 0.481 e. The van der Waals surface area contributed by atoms with Crippen LogP contribution in [0.25, 0.3) is 0 Å². The van der Waals surface area contributed by atoms with Crippen molar-refractivity contribution in [2.45, 2.75) is 212 Å². The third-order valence-corrected chi connectivity index (χ3v) is 19.0. The number of fused-ring (bicyclic) bond motifs is 7. The molecule has 0 bridgehead atoms. The summed E-state index contributed by atoms with van der Waals surface area (Å²) in [6.45, 7) is 17.0. The number of ether oxygens (including phenoxy) is 6. The highest BCUT2D eigenvalue weighted by Gasteiger charge is 2.70. The molecule has 360 valence electrons. The molecule has 63 heavy (non-hydrogen) atoms. The second-order valence-corrected chi connectivity index (χ2v) is 23.0. The molecular weight excluding hydrogens is 821 g/mol. The molecule has 8 aliphatic rings. The van der Waals surface area contributed by atoms with Crippen molar-refractivity contribution in [1.29, 1.82) is 0 Å². The summed E-state index contributed by atoms with van der Waals surface area (Å²) >= 11 is 0. The summed E-state index contributed by atoms with van der Waals surface area (Å²) in [7, 11) is 0. The lowest BCUT2D eigenvalue weighted by Gasteiger charge is -2.71. The summed E-state index contributed by atoms with van der Waals surface area (Å²) < 4.78 is 36.7. The first-order valence-electron chi connectivity index (χ1n) is 23.6. The highest BCUT2D eigenvalue weighted by molar-refractivity contribution is 5.76. The Balaban J connectivity index is 1.04. The second-order valence-electron chi connectivity index (χ2n) is 23.0. The van der Waals surface area contributed by atoms with Crippen molar-refractivity contribution in [3.8, 4) is 0 Å². The maximum Gasteiger partial charge on any atom is 0.310 e. The number of carbonyl (C=O) groups is 1. The maximum atomic E-state index is 13.1. The van der Waals surface area contributed by atoms with Crippen LogP contribution >= 0.6 is 0 Å². The number of aliphatic carboxylic acids is 1. The van der Waals surface area contributed by atoms with E-state index < -0.39 is 109 Å². The molecule has 9 N–H and O–H groups in total. The molecule has 0 spiro atoms. The third kappa shape index (κ3) is 7.51. The molecule has 3 aliphatic heterocycles. The monoisotopic (exact) mass is 897 g/mol. The van der Waals surface area contributed by atoms with Crippen molar-refractivity contribution in [3.05, 3.63) is 11.6 Å². The molecule has 0 aromatic heterocycles. The fourth-order valence-corrected chi connectivity index (χ4v) is 14.8. The fourth-order valence-electron chi connectivity index (χ4n) is 14.8. The molecule has 8 rings (SSSR count). The Morgan fingerprint density at radius 1 is 0.714 bits per heavy atom. The van der Waals surface area contributed by atoms with E-state index in [2.05, 4.69) is 54.5 Å². The summed E-state index contributed by atoms with van der Waals surface area (Å²) in [6, 6.07) is 0. The van der Waals surface area contributed by atoms with Crippen molar-refractivity contribution < 1.29 is 79.2 Å². The highest BCUT2D eigenvalue weighted by atomic mass is 16.8. The molecule has 0 radical (unpaired) electrons. The minimum absolute atomic E-state index is 0.0289. The van der Waals surface area contributed by atoms with Crippen LogP contribution in [-0.2, 0) is 33.2 Å². The molecule has 3 saturated heterocycles. The van der Waals surface area contributed by atoms with E-state index in [1.54, 1.807) is 0 Å². The summed E-state index contributed by atoms with van der Waals surface area (Å²) in [5.41, 5.74) is 0.113. The van der Waals surface area contributed by atoms with Crippen LogP contribution in [0, 0.1) is 50.2 Å². The predicted octanol–water partition coefficient (Wildman–Crippen LogP) is 2.37. The van der Waals surface area contributed by atoms with Crippen LogP contribution in [0.4, 0.5) is 0 Å². The van der Waals surface area contributed by atoms with Gasteiger partial charge in [0.05, 0.1) is 30.8 Å². The molecule has 0 aromatic rings. The number of allylic oxidation sites excluding steroid dienone is 2. The topological polar surface area (TPSA) is 255 Å². The molecule has 16 heteroatoms. The molecule has 16 nitrogen and oxygen atoms in total. The van der Waals surface area contributed by atoms with E-state index in [-0.39, 0.29) is 46.2 Å². The Labute approximate surface area is 371 Å². The lowest BCUT2D eigenvalue weighted by Crippen LogP contribution is -2.66. The first-order chi connectivity index (χ1) is 29.4. The summed E-state index contributed by atoms with van der Waals surface area (Å²) in [4.78, 5) is 13.1. The molecule has 5 aliphatic carbocycles. The lowest BCUT2D eigenvalue weighted by atomic mass is 9.33. The van der Waals surface area contributed by atoms with Gasteiger partial charge in [-0.05, 0) is 116 Å². The van der Waals surface area contributed by atoms with E-state index in [1.165, 1.54) is 12.5 Å². The Morgan fingerprint density at radius 3 is 2.03 bits per heavy atom. The molecule has 4 saturated carbocycles. The van der Waals surface area contributed by atoms with Gasteiger partial charge in [0.25, 0.3) is 0 Å². The van der Waals surface area contributed by atoms with Crippen LogP contribution in [0.3, 0.4) is 0 Å². The normalized spacial score (nSPS) is 54.1. The Bertz CT molecular complexity index is 1720. The van der Waals surface area contributed by atoms with Crippen LogP contribution in [0.2, 0.25) is 0 Å². The van der Waals surface area contributed by atoms with Gasteiger partial charge in [-0.2, -0.15) is 0 Å². The van der Waals surface area contributed by atoms with E-state index in [9.17, 15) is 50.8 Å². The number of aliphatic hydroxyl groups is 8. The zero-order chi connectivity index (χ0) is 46.0. The first kappa shape index (κ1) is 48.1. The van der Waals surface area contributed by atoms with Crippen LogP contribution in [0.5, 0.6) is 0 Å². The third-order valence-electron chi connectivity index (χ3n) is 19.0. The van der Waals surface area contributed by atoms with Gasteiger partial charge in [0.1, 0.15) is 61.0 Å². The molecule has 8 unspecified atom stereocenters. The molecule has 3 heterocycles. The van der Waals surface area contributed by atoms with Crippen molar-refractivity contribution >= 4 is 5.97 Å². The van der Waals surface area contributed by atoms with Crippen LogP contribution in [-0.4, -0.2) is 157 Å². The lowest BCUT2D eigenvalue weighted by molar-refractivity contribution is -0.380. The number of rotatable bonds is 8. The molecular formula is C47H76O16. The predicted molar refractivity (Wildman–Crippen MR) is 223 cm³/mol. The second kappa shape index (κ2) is 16.7. The summed E-state index contributed by atoms with van der Waals surface area (Å²) in [6.07, 6.45) is -10.1. The average molecular weight is 897 g/mol. The Morgan fingerprint density at radius 2 is 1.37 bits per heavy atom. The van der Waals surface area contributed by atoms with Gasteiger partial charge in [0, 0.05) is 0 Å². The highest BCUT2D eigenvalue weighted by Crippen LogP contribution is 2.76. The molecule has 7 fully saturated rings. The van der Waals surface area contributed by atoms with E-state index in [1.807, 2.05) is 0 Å². The van der Waals surface area contributed by atoms with E-state index >= 15 is 0 Å². The maximum absolute atomic E-state index is 13.1. The van der Waals surface area contributed by atoms with Gasteiger partial charge in [-0.3, -0.25) is 4.79 Å². The van der Waals surface area contributed by atoms with Crippen molar-refractivity contribution in [3.63, 3.8) is 0 Å². The Hall–Kier alpha value is -1.35. The van der Waals surface area contributed by atoms with Gasteiger partial charge in [0.2, 0.25) is 0 Å². The summed E-state index contributed by atoms with van der Waals surface area (Å²) in [5, 5.41) is 96.0. The van der Waals surface area contributed by atoms with Crippen molar-refractivity contribution in [2.75, 3.05) is 13.2 Å². The van der Waals surface area contributed by atoms with Crippen LogP contribution in [0.15, 0.2) is 11.6 Å². The van der Waals surface area contributed by atoms with Gasteiger partial charge in [-0.15, -0.1) is 0 Å². The quantitative estimate of drug-likeness (QED) is 0.125. The van der Waals surface area contributed by atoms with Gasteiger partial charge in [0.15, 0.2) is 18.9 Å².